The standard InChI is InChI=1S/C19H21N5O2/c1-25-16-8-7-15(12-17(16)26-11-5-3-9-20)13-21-14-19-23-22-18-6-2-4-10-24(18)19/h2,4,6-8,10,12,21H,3,5,11,13-14H2,1H3. The first-order valence-corrected chi connectivity index (χ1v) is 8.48. The molecule has 0 aliphatic rings. The summed E-state index contributed by atoms with van der Waals surface area (Å²) in [6.45, 7) is 1.77. The van der Waals surface area contributed by atoms with Gasteiger partial charge in [0.1, 0.15) is 0 Å². The van der Waals surface area contributed by atoms with Crippen LogP contribution < -0.4 is 14.8 Å². The molecule has 7 heteroatoms. The third-order valence-corrected chi connectivity index (χ3v) is 3.92. The van der Waals surface area contributed by atoms with E-state index in [9.17, 15) is 0 Å². The van der Waals surface area contributed by atoms with Crippen LogP contribution in [-0.2, 0) is 13.1 Å². The third kappa shape index (κ3) is 4.29. The van der Waals surface area contributed by atoms with E-state index in [1.165, 1.54) is 0 Å². The topological polar surface area (TPSA) is 84.5 Å². The van der Waals surface area contributed by atoms with E-state index in [0.717, 1.165) is 17.0 Å². The van der Waals surface area contributed by atoms with Gasteiger partial charge in [0, 0.05) is 19.2 Å². The maximum Gasteiger partial charge on any atom is 0.161 e. The molecule has 0 saturated carbocycles. The van der Waals surface area contributed by atoms with E-state index in [1.54, 1.807) is 7.11 Å². The SMILES string of the molecule is COc1ccc(CNCc2nnc3ccccn23)cc1OCCCC#N. The van der Waals surface area contributed by atoms with E-state index >= 15 is 0 Å². The largest absolute Gasteiger partial charge is 0.493 e. The van der Waals surface area contributed by atoms with Crippen molar-refractivity contribution in [1.82, 2.24) is 19.9 Å². The van der Waals surface area contributed by atoms with Gasteiger partial charge in [-0.3, -0.25) is 4.40 Å². The summed E-state index contributed by atoms with van der Waals surface area (Å²) in [5.74, 6) is 2.24. The van der Waals surface area contributed by atoms with Gasteiger partial charge in [-0.2, -0.15) is 5.26 Å². The monoisotopic (exact) mass is 351 g/mol. The molecule has 0 saturated heterocycles. The number of nitrogens with one attached hydrogen (secondary N) is 1. The van der Waals surface area contributed by atoms with Crippen LogP contribution in [0.4, 0.5) is 0 Å². The van der Waals surface area contributed by atoms with E-state index in [2.05, 4.69) is 21.6 Å². The van der Waals surface area contributed by atoms with Crippen LogP contribution in [0.3, 0.4) is 0 Å². The van der Waals surface area contributed by atoms with Gasteiger partial charge < -0.3 is 14.8 Å². The minimum absolute atomic E-state index is 0.482. The van der Waals surface area contributed by atoms with Crippen molar-refractivity contribution in [2.45, 2.75) is 25.9 Å². The molecule has 0 atom stereocenters. The second kappa shape index (κ2) is 8.83. The average Bonchev–Trinajstić information content (AvgIpc) is 3.09. The number of methoxy groups -OCH3 is 1. The summed E-state index contributed by atoms with van der Waals surface area (Å²) in [7, 11) is 1.62. The highest BCUT2D eigenvalue weighted by atomic mass is 16.5. The van der Waals surface area contributed by atoms with Crippen LogP contribution in [0.25, 0.3) is 5.65 Å². The van der Waals surface area contributed by atoms with Gasteiger partial charge >= 0.3 is 0 Å². The quantitative estimate of drug-likeness (QED) is 0.597. The van der Waals surface area contributed by atoms with Gasteiger partial charge in [0.2, 0.25) is 0 Å². The Labute approximate surface area is 152 Å². The summed E-state index contributed by atoms with van der Waals surface area (Å²) in [5, 5.41) is 20.3. The molecule has 2 aromatic heterocycles. The number of fused-ring (bicyclic) bond motifs is 1. The molecule has 0 aliphatic heterocycles. The second-order valence-corrected chi connectivity index (χ2v) is 5.74. The molecule has 26 heavy (non-hydrogen) atoms. The van der Waals surface area contributed by atoms with E-state index < -0.39 is 0 Å². The first-order valence-electron chi connectivity index (χ1n) is 8.48. The molecule has 0 bridgehead atoms. The van der Waals surface area contributed by atoms with Gasteiger partial charge in [-0.25, -0.2) is 0 Å². The molecule has 3 rings (SSSR count). The van der Waals surface area contributed by atoms with Crippen LogP contribution in [0, 0.1) is 11.3 Å². The van der Waals surface area contributed by atoms with Crippen molar-refractivity contribution >= 4 is 5.65 Å². The van der Waals surface area contributed by atoms with Gasteiger partial charge in [-0.1, -0.05) is 12.1 Å². The molecule has 0 radical (unpaired) electrons. The Morgan fingerprint density at radius 3 is 2.92 bits per heavy atom. The molecule has 0 amide bonds. The molecule has 3 aromatic rings. The Bertz CT molecular complexity index is 900. The molecule has 0 unspecified atom stereocenters. The molecule has 0 spiro atoms. The number of hydrogen-bond donors (Lipinski definition) is 1. The van der Waals surface area contributed by atoms with Crippen LogP contribution >= 0.6 is 0 Å². The van der Waals surface area contributed by atoms with E-state index in [4.69, 9.17) is 14.7 Å². The lowest BCUT2D eigenvalue weighted by atomic mass is 10.2. The predicted molar refractivity (Wildman–Crippen MR) is 96.9 cm³/mol. The number of ether oxygens (including phenoxy) is 2. The molecular formula is C19H21N5O2. The van der Waals surface area contributed by atoms with Gasteiger partial charge in [0.25, 0.3) is 0 Å². The second-order valence-electron chi connectivity index (χ2n) is 5.74. The zero-order valence-corrected chi connectivity index (χ0v) is 14.7. The van der Waals surface area contributed by atoms with Crippen molar-refractivity contribution in [2.24, 2.45) is 0 Å². The summed E-state index contributed by atoms with van der Waals surface area (Å²) in [4.78, 5) is 0. The zero-order chi connectivity index (χ0) is 18.2. The first kappa shape index (κ1) is 17.7. The number of unbranched alkanes of at least 4 members (excludes halogenated alkanes) is 1. The van der Waals surface area contributed by atoms with Crippen LogP contribution in [0.5, 0.6) is 11.5 Å². The van der Waals surface area contributed by atoms with Gasteiger partial charge in [0.05, 0.1) is 26.3 Å². The molecule has 0 aliphatic carbocycles. The minimum Gasteiger partial charge on any atom is -0.493 e. The molecule has 0 fully saturated rings. The van der Waals surface area contributed by atoms with Gasteiger partial charge in [-0.05, 0) is 36.2 Å². The Morgan fingerprint density at radius 2 is 2.08 bits per heavy atom. The number of benzene rings is 1. The van der Waals surface area contributed by atoms with Crippen molar-refractivity contribution in [1.29, 1.82) is 5.26 Å². The predicted octanol–water partition coefficient (Wildman–Crippen LogP) is 2.71. The van der Waals surface area contributed by atoms with Crippen molar-refractivity contribution < 1.29 is 9.47 Å². The average molecular weight is 351 g/mol. The van der Waals surface area contributed by atoms with Crippen LogP contribution in [0.1, 0.15) is 24.2 Å². The zero-order valence-electron chi connectivity index (χ0n) is 14.7. The maximum absolute atomic E-state index is 8.60. The van der Waals surface area contributed by atoms with Gasteiger partial charge in [0.15, 0.2) is 23.0 Å². The lowest BCUT2D eigenvalue weighted by Gasteiger charge is -2.12. The van der Waals surface area contributed by atoms with Gasteiger partial charge in [-0.15, -0.1) is 10.2 Å². The number of pyridine rings is 1. The number of rotatable bonds is 9. The summed E-state index contributed by atoms with van der Waals surface area (Å²) < 4.78 is 13.1. The Balaban J connectivity index is 1.59. The van der Waals surface area contributed by atoms with E-state index in [1.807, 2.05) is 47.0 Å². The smallest absolute Gasteiger partial charge is 0.161 e. The fraction of sp³-hybridized carbons (Fsp3) is 0.316. The summed E-state index contributed by atoms with van der Waals surface area (Å²) in [5.41, 5.74) is 1.91. The summed E-state index contributed by atoms with van der Waals surface area (Å²) >= 11 is 0. The normalized spacial score (nSPS) is 10.6. The lowest BCUT2D eigenvalue weighted by Crippen LogP contribution is -2.15. The fourth-order valence-electron chi connectivity index (χ4n) is 2.61. The minimum atomic E-state index is 0.482. The first-order chi connectivity index (χ1) is 12.8. The highest BCUT2D eigenvalue weighted by Gasteiger charge is 2.07. The van der Waals surface area contributed by atoms with E-state index in [0.29, 0.717) is 44.0 Å². The third-order valence-electron chi connectivity index (χ3n) is 3.92. The number of nitriles is 1. The van der Waals surface area contributed by atoms with Crippen LogP contribution in [0.2, 0.25) is 0 Å². The maximum atomic E-state index is 8.60. The molecule has 7 nitrogen and oxygen atoms in total. The molecule has 134 valence electrons. The highest BCUT2D eigenvalue weighted by molar-refractivity contribution is 5.43. The van der Waals surface area contributed by atoms with Crippen LogP contribution in [-0.4, -0.2) is 28.3 Å². The Morgan fingerprint density at radius 1 is 1.15 bits per heavy atom. The highest BCUT2D eigenvalue weighted by Crippen LogP contribution is 2.28. The van der Waals surface area contributed by atoms with Crippen molar-refractivity contribution in [2.75, 3.05) is 13.7 Å². The number of nitrogens with zero attached hydrogens (tertiary/aromatic N) is 4. The lowest BCUT2D eigenvalue weighted by molar-refractivity contribution is 0.290. The van der Waals surface area contributed by atoms with E-state index in [-0.39, 0.29) is 0 Å². The van der Waals surface area contributed by atoms with Crippen molar-refractivity contribution in [3.8, 4) is 17.6 Å². The van der Waals surface area contributed by atoms with Crippen molar-refractivity contribution in [3.05, 3.63) is 54.0 Å². The molecule has 2 heterocycles. The Hall–Kier alpha value is -3.11. The molecule has 1 N–H and O–H groups in total. The number of hydrogen-bond acceptors (Lipinski definition) is 6. The fourth-order valence-corrected chi connectivity index (χ4v) is 2.61. The van der Waals surface area contributed by atoms with Crippen LogP contribution in [0.15, 0.2) is 42.6 Å². The number of aromatic nitrogens is 3. The molecular weight excluding hydrogens is 330 g/mol. The van der Waals surface area contributed by atoms with Crippen molar-refractivity contribution in [3.63, 3.8) is 0 Å². The summed E-state index contributed by atoms with van der Waals surface area (Å²) in [6.07, 6.45) is 3.13. The summed E-state index contributed by atoms with van der Waals surface area (Å²) in [6, 6.07) is 13.8. The Kier molecular flexibility index (Phi) is 6.01. The molecule has 1 aromatic carbocycles.